The fourth-order valence-electron chi connectivity index (χ4n) is 2.52. The molecule has 1 aromatic carbocycles. The molecule has 1 saturated heterocycles. The smallest absolute Gasteiger partial charge is 0.254 e. The molecule has 1 aromatic rings. The SMILES string of the molecule is CC1CCCC(C)N1NS(=O)(=O)c1ccc(N)cc1Cl. The van der Waals surface area contributed by atoms with Gasteiger partial charge in [-0.15, -0.1) is 4.83 Å². The standard InChI is InChI=1S/C13H20ClN3O2S/c1-9-4-3-5-10(2)17(9)16-20(18,19)13-7-6-11(15)8-12(13)14/h6-10,16H,3-5,15H2,1-2H3. The predicted molar refractivity (Wildman–Crippen MR) is 80.8 cm³/mol. The van der Waals surface area contributed by atoms with Crippen LogP contribution in [0.1, 0.15) is 33.1 Å². The topological polar surface area (TPSA) is 75.4 Å². The minimum atomic E-state index is -3.68. The first-order chi connectivity index (χ1) is 9.31. The number of anilines is 1. The fraction of sp³-hybridized carbons (Fsp3) is 0.538. The second kappa shape index (κ2) is 5.89. The Bertz CT molecular complexity index is 581. The van der Waals surface area contributed by atoms with E-state index in [9.17, 15) is 8.42 Å². The van der Waals surface area contributed by atoms with Gasteiger partial charge < -0.3 is 5.73 Å². The normalized spacial score (nSPS) is 24.8. The van der Waals surface area contributed by atoms with Crippen molar-refractivity contribution in [3.63, 3.8) is 0 Å². The van der Waals surface area contributed by atoms with Crippen LogP contribution in [0.15, 0.2) is 23.1 Å². The van der Waals surface area contributed by atoms with E-state index < -0.39 is 10.0 Å². The minimum Gasteiger partial charge on any atom is -0.399 e. The lowest BCUT2D eigenvalue weighted by molar-refractivity contribution is 0.0790. The number of nitrogens with zero attached hydrogens (tertiary/aromatic N) is 1. The number of hydrogen-bond donors (Lipinski definition) is 2. The number of hydrazine groups is 1. The van der Waals surface area contributed by atoms with E-state index in [4.69, 9.17) is 17.3 Å². The van der Waals surface area contributed by atoms with Gasteiger partial charge in [0.05, 0.1) is 5.02 Å². The number of halogens is 1. The highest BCUT2D eigenvalue weighted by Crippen LogP contribution is 2.26. The second-order valence-corrected chi connectivity index (χ2v) is 7.36. The molecule has 112 valence electrons. The van der Waals surface area contributed by atoms with Crippen LogP contribution in [-0.4, -0.2) is 25.5 Å². The molecule has 2 atom stereocenters. The molecule has 2 rings (SSSR count). The van der Waals surface area contributed by atoms with E-state index in [1.165, 1.54) is 18.2 Å². The molecular weight excluding hydrogens is 298 g/mol. The summed E-state index contributed by atoms with van der Waals surface area (Å²) < 4.78 is 24.9. The van der Waals surface area contributed by atoms with Crippen LogP contribution in [-0.2, 0) is 10.0 Å². The number of piperidine rings is 1. The predicted octanol–water partition coefficient (Wildman–Crippen LogP) is 2.38. The number of hydrogen-bond acceptors (Lipinski definition) is 4. The maximum Gasteiger partial charge on any atom is 0.254 e. The number of nitrogens with one attached hydrogen (secondary N) is 1. The van der Waals surface area contributed by atoms with Gasteiger partial charge in [-0.2, -0.15) is 0 Å². The Morgan fingerprint density at radius 3 is 2.45 bits per heavy atom. The van der Waals surface area contributed by atoms with E-state index in [2.05, 4.69) is 4.83 Å². The third kappa shape index (κ3) is 3.25. The highest BCUT2D eigenvalue weighted by atomic mass is 35.5. The number of rotatable bonds is 3. The van der Waals surface area contributed by atoms with Gasteiger partial charge in [0, 0.05) is 17.8 Å². The summed E-state index contributed by atoms with van der Waals surface area (Å²) in [4.78, 5) is 2.71. The maximum absolute atomic E-state index is 12.4. The largest absolute Gasteiger partial charge is 0.399 e. The van der Waals surface area contributed by atoms with Crippen LogP contribution in [0.2, 0.25) is 5.02 Å². The molecule has 0 amide bonds. The lowest BCUT2D eigenvalue weighted by Crippen LogP contribution is -2.53. The van der Waals surface area contributed by atoms with Crippen molar-refractivity contribution in [2.45, 2.75) is 50.1 Å². The Labute approximate surface area is 125 Å². The average molecular weight is 318 g/mol. The molecular formula is C13H20ClN3O2S. The van der Waals surface area contributed by atoms with Gasteiger partial charge in [0.25, 0.3) is 10.0 Å². The zero-order valence-electron chi connectivity index (χ0n) is 11.6. The molecule has 0 radical (unpaired) electrons. The van der Waals surface area contributed by atoms with Crippen LogP contribution in [0.3, 0.4) is 0 Å². The van der Waals surface area contributed by atoms with Gasteiger partial charge in [-0.25, -0.2) is 13.4 Å². The Morgan fingerprint density at radius 2 is 1.90 bits per heavy atom. The summed E-state index contributed by atoms with van der Waals surface area (Å²) >= 11 is 5.99. The van der Waals surface area contributed by atoms with E-state index >= 15 is 0 Å². The Kier molecular flexibility index (Phi) is 4.59. The molecule has 0 saturated carbocycles. The molecule has 7 heteroatoms. The van der Waals surface area contributed by atoms with Gasteiger partial charge in [0.1, 0.15) is 4.90 Å². The average Bonchev–Trinajstić information content (AvgIpc) is 2.33. The molecule has 0 aromatic heterocycles. The number of sulfonamides is 1. The molecule has 3 N–H and O–H groups in total. The van der Waals surface area contributed by atoms with Gasteiger partial charge >= 0.3 is 0 Å². The molecule has 1 aliphatic heterocycles. The quantitative estimate of drug-likeness (QED) is 0.839. The second-order valence-electron chi connectivity index (χ2n) is 5.32. The van der Waals surface area contributed by atoms with Crippen molar-refractivity contribution in [1.29, 1.82) is 0 Å². The zero-order chi connectivity index (χ0) is 14.9. The number of benzene rings is 1. The van der Waals surface area contributed by atoms with Gasteiger partial charge in [-0.3, -0.25) is 0 Å². The molecule has 0 spiro atoms. The molecule has 2 unspecified atom stereocenters. The summed E-state index contributed by atoms with van der Waals surface area (Å²) in [5.74, 6) is 0. The van der Waals surface area contributed by atoms with E-state index in [0.717, 1.165) is 19.3 Å². The van der Waals surface area contributed by atoms with Gasteiger partial charge in [0.2, 0.25) is 0 Å². The van der Waals surface area contributed by atoms with Gasteiger partial charge in [0.15, 0.2) is 0 Å². The Morgan fingerprint density at radius 1 is 1.30 bits per heavy atom. The van der Waals surface area contributed by atoms with Crippen LogP contribution in [0.4, 0.5) is 5.69 Å². The van der Waals surface area contributed by atoms with Crippen LogP contribution < -0.4 is 10.6 Å². The van der Waals surface area contributed by atoms with Crippen LogP contribution >= 0.6 is 11.6 Å². The summed E-state index contributed by atoms with van der Waals surface area (Å²) in [6.45, 7) is 4.03. The third-order valence-electron chi connectivity index (χ3n) is 3.66. The zero-order valence-corrected chi connectivity index (χ0v) is 13.2. The first-order valence-corrected chi connectivity index (χ1v) is 8.53. The van der Waals surface area contributed by atoms with E-state index in [0.29, 0.717) is 5.69 Å². The maximum atomic E-state index is 12.4. The first-order valence-electron chi connectivity index (χ1n) is 6.67. The molecule has 5 nitrogen and oxygen atoms in total. The summed E-state index contributed by atoms with van der Waals surface area (Å²) in [5, 5.41) is 1.93. The summed E-state index contributed by atoms with van der Waals surface area (Å²) in [6.07, 6.45) is 3.06. The summed E-state index contributed by atoms with van der Waals surface area (Å²) in [5.41, 5.74) is 6.03. The molecule has 0 aliphatic carbocycles. The minimum absolute atomic E-state index is 0.0540. The molecule has 1 aliphatic rings. The van der Waals surface area contributed by atoms with Gasteiger partial charge in [-0.1, -0.05) is 18.0 Å². The Balaban J connectivity index is 2.26. The third-order valence-corrected chi connectivity index (χ3v) is 5.48. The van der Waals surface area contributed by atoms with Crippen molar-refractivity contribution in [3.05, 3.63) is 23.2 Å². The van der Waals surface area contributed by atoms with Crippen molar-refractivity contribution >= 4 is 27.3 Å². The highest BCUT2D eigenvalue weighted by Gasteiger charge is 2.30. The van der Waals surface area contributed by atoms with Crippen molar-refractivity contribution in [1.82, 2.24) is 9.84 Å². The lowest BCUT2D eigenvalue weighted by atomic mass is 10.0. The van der Waals surface area contributed by atoms with E-state index in [1.54, 1.807) is 5.01 Å². The van der Waals surface area contributed by atoms with Crippen LogP contribution in [0, 0.1) is 0 Å². The van der Waals surface area contributed by atoms with Gasteiger partial charge in [-0.05, 0) is 44.9 Å². The highest BCUT2D eigenvalue weighted by molar-refractivity contribution is 7.89. The fourth-order valence-corrected chi connectivity index (χ4v) is 4.32. The molecule has 0 bridgehead atoms. The molecule has 20 heavy (non-hydrogen) atoms. The van der Waals surface area contributed by atoms with E-state index in [-0.39, 0.29) is 22.0 Å². The first kappa shape index (κ1) is 15.6. The van der Waals surface area contributed by atoms with Crippen molar-refractivity contribution in [2.24, 2.45) is 0 Å². The molecule has 1 heterocycles. The monoisotopic (exact) mass is 317 g/mol. The number of nitrogen functional groups attached to an aromatic ring is 1. The molecule has 1 fully saturated rings. The number of nitrogens with two attached hydrogens (primary N) is 1. The lowest BCUT2D eigenvalue weighted by Gasteiger charge is -2.38. The van der Waals surface area contributed by atoms with E-state index in [1.807, 2.05) is 13.8 Å². The van der Waals surface area contributed by atoms with Crippen LogP contribution in [0.5, 0.6) is 0 Å². The van der Waals surface area contributed by atoms with Crippen LogP contribution in [0.25, 0.3) is 0 Å². The van der Waals surface area contributed by atoms with Crippen molar-refractivity contribution < 1.29 is 8.42 Å². The summed E-state index contributed by atoms with van der Waals surface area (Å²) in [7, 11) is -3.68. The van der Waals surface area contributed by atoms with Crippen molar-refractivity contribution in [3.8, 4) is 0 Å². The summed E-state index contributed by atoms with van der Waals surface area (Å²) in [6, 6.07) is 4.74. The Hall–Kier alpha value is -0.820. The van der Waals surface area contributed by atoms with Crippen molar-refractivity contribution in [2.75, 3.05) is 5.73 Å².